The van der Waals surface area contributed by atoms with Crippen molar-refractivity contribution in [3.05, 3.63) is 0 Å². The molecule has 6 atom stereocenters. The largest absolute Gasteiger partial charge is 0.239 e. The molecule has 3 fully saturated rings. The van der Waals surface area contributed by atoms with Crippen molar-refractivity contribution >= 4 is 0 Å². The Bertz CT molecular complexity index is 364. The van der Waals surface area contributed by atoms with Gasteiger partial charge >= 0.3 is 0 Å². The summed E-state index contributed by atoms with van der Waals surface area (Å²) in [6.45, 7) is 13.2. The minimum atomic E-state index is -0.761. The standard InChI is InChI=1S/C18H32O4/c1-11-7-9-13(3)17(15(11)5)19-21-18(22-20-17)14(4)10-8-12(2)16(18)6/h11-16H,7-10H2,1-6H3. The lowest BCUT2D eigenvalue weighted by atomic mass is 9.70. The van der Waals surface area contributed by atoms with Gasteiger partial charge in [0.25, 0.3) is 0 Å². The van der Waals surface area contributed by atoms with Crippen LogP contribution in [0.15, 0.2) is 0 Å². The van der Waals surface area contributed by atoms with Crippen LogP contribution in [0, 0.1) is 35.5 Å². The molecular weight excluding hydrogens is 280 g/mol. The molecule has 0 radical (unpaired) electrons. The second-order valence-corrected chi connectivity index (χ2v) is 8.26. The van der Waals surface area contributed by atoms with Crippen LogP contribution in [0.4, 0.5) is 0 Å². The number of hydrogen-bond acceptors (Lipinski definition) is 4. The molecule has 128 valence electrons. The first-order chi connectivity index (χ1) is 10.3. The summed E-state index contributed by atoms with van der Waals surface area (Å²) in [5.41, 5.74) is 0. The van der Waals surface area contributed by atoms with E-state index in [4.69, 9.17) is 19.6 Å². The number of rotatable bonds is 0. The van der Waals surface area contributed by atoms with E-state index in [0.717, 1.165) is 12.8 Å². The predicted molar refractivity (Wildman–Crippen MR) is 83.3 cm³/mol. The van der Waals surface area contributed by atoms with E-state index in [1.165, 1.54) is 12.8 Å². The average Bonchev–Trinajstić information content (AvgIpc) is 2.53. The summed E-state index contributed by atoms with van der Waals surface area (Å²) in [6, 6.07) is 0. The summed E-state index contributed by atoms with van der Waals surface area (Å²) in [6.07, 6.45) is 4.55. The lowest BCUT2D eigenvalue weighted by Gasteiger charge is -2.56. The van der Waals surface area contributed by atoms with Crippen molar-refractivity contribution in [1.82, 2.24) is 0 Å². The Morgan fingerprint density at radius 1 is 0.545 bits per heavy atom. The highest BCUT2D eigenvalue weighted by molar-refractivity contribution is 4.93. The summed E-state index contributed by atoms with van der Waals surface area (Å²) in [5.74, 6) is 0.590. The third kappa shape index (κ3) is 2.26. The fourth-order valence-corrected chi connectivity index (χ4v) is 4.54. The van der Waals surface area contributed by atoms with Gasteiger partial charge in [-0.15, -0.1) is 0 Å². The molecule has 1 aliphatic heterocycles. The zero-order valence-corrected chi connectivity index (χ0v) is 14.9. The Kier molecular flexibility index (Phi) is 4.35. The van der Waals surface area contributed by atoms with Crippen molar-refractivity contribution in [2.24, 2.45) is 35.5 Å². The van der Waals surface area contributed by atoms with Gasteiger partial charge in [-0.25, -0.2) is 0 Å². The fourth-order valence-electron chi connectivity index (χ4n) is 4.54. The van der Waals surface area contributed by atoms with Crippen molar-refractivity contribution in [1.29, 1.82) is 0 Å². The second kappa shape index (κ2) is 5.73. The van der Waals surface area contributed by atoms with E-state index in [9.17, 15) is 0 Å². The molecule has 6 unspecified atom stereocenters. The molecule has 1 heterocycles. The van der Waals surface area contributed by atoms with Gasteiger partial charge in [0.15, 0.2) is 0 Å². The fraction of sp³-hybridized carbons (Fsp3) is 1.00. The van der Waals surface area contributed by atoms with Gasteiger partial charge < -0.3 is 0 Å². The minimum absolute atomic E-state index is 0.250. The molecule has 0 bridgehead atoms. The van der Waals surface area contributed by atoms with Gasteiger partial charge in [-0.05, 0) is 37.5 Å². The molecular formula is C18H32O4. The zero-order chi connectivity index (χ0) is 16.1. The summed E-state index contributed by atoms with van der Waals surface area (Å²) < 4.78 is 0. The molecule has 4 nitrogen and oxygen atoms in total. The third-order valence-electron chi connectivity index (χ3n) is 7.06. The van der Waals surface area contributed by atoms with Crippen LogP contribution in [-0.2, 0) is 19.6 Å². The highest BCUT2D eigenvalue weighted by atomic mass is 17.4. The summed E-state index contributed by atoms with van der Waals surface area (Å²) in [5, 5.41) is 0. The van der Waals surface area contributed by atoms with Crippen LogP contribution in [-0.4, -0.2) is 11.6 Å². The lowest BCUT2D eigenvalue weighted by Crippen LogP contribution is -2.64. The molecule has 4 heteroatoms. The molecule has 3 aliphatic rings. The molecule has 2 aliphatic carbocycles. The van der Waals surface area contributed by atoms with E-state index in [1.54, 1.807) is 0 Å². The van der Waals surface area contributed by atoms with Crippen molar-refractivity contribution < 1.29 is 19.6 Å². The summed E-state index contributed by atoms with van der Waals surface area (Å²) in [4.78, 5) is 24.1. The van der Waals surface area contributed by atoms with Gasteiger partial charge in [-0.3, -0.25) is 0 Å². The molecule has 0 aromatic rings. The summed E-state index contributed by atoms with van der Waals surface area (Å²) in [7, 11) is 0. The first-order valence-corrected chi connectivity index (χ1v) is 9.07. The van der Waals surface area contributed by atoms with E-state index < -0.39 is 11.6 Å². The molecule has 3 rings (SSSR count). The highest BCUT2D eigenvalue weighted by Gasteiger charge is 2.61. The van der Waals surface area contributed by atoms with E-state index in [2.05, 4.69) is 41.5 Å². The van der Waals surface area contributed by atoms with Crippen molar-refractivity contribution in [3.63, 3.8) is 0 Å². The Balaban J connectivity index is 1.81. The van der Waals surface area contributed by atoms with Gasteiger partial charge in [-0.2, -0.15) is 19.6 Å². The van der Waals surface area contributed by atoms with Gasteiger partial charge in [0.1, 0.15) is 0 Å². The van der Waals surface area contributed by atoms with Crippen LogP contribution < -0.4 is 0 Å². The van der Waals surface area contributed by atoms with Crippen LogP contribution in [0.5, 0.6) is 0 Å². The van der Waals surface area contributed by atoms with Gasteiger partial charge in [0.2, 0.25) is 11.6 Å². The molecule has 0 N–H and O–H groups in total. The zero-order valence-electron chi connectivity index (χ0n) is 14.9. The summed E-state index contributed by atoms with van der Waals surface area (Å²) >= 11 is 0. The van der Waals surface area contributed by atoms with E-state index in [1.807, 2.05) is 0 Å². The van der Waals surface area contributed by atoms with Gasteiger partial charge in [0.05, 0.1) is 0 Å². The SMILES string of the molecule is CC1CCC(C)C2(OOC3(OO2)C(C)CCC(C)C3C)C1C. The first kappa shape index (κ1) is 16.7. The second-order valence-electron chi connectivity index (χ2n) is 8.26. The topological polar surface area (TPSA) is 36.9 Å². The normalized spacial score (nSPS) is 56.5. The maximum Gasteiger partial charge on any atom is 0.239 e. The molecule has 0 aromatic heterocycles. The minimum Gasteiger partial charge on any atom is -0.194 e. The van der Waals surface area contributed by atoms with Crippen molar-refractivity contribution in [2.75, 3.05) is 0 Å². The van der Waals surface area contributed by atoms with Crippen LogP contribution in [0.1, 0.15) is 67.2 Å². The molecule has 1 saturated heterocycles. The van der Waals surface area contributed by atoms with Crippen LogP contribution in [0.25, 0.3) is 0 Å². The molecule has 22 heavy (non-hydrogen) atoms. The Hall–Kier alpha value is -0.160. The van der Waals surface area contributed by atoms with E-state index >= 15 is 0 Å². The average molecular weight is 312 g/mol. The van der Waals surface area contributed by atoms with Crippen LogP contribution in [0.3, 0.4) is 0 Å². The molecule has 2 saturated carbocycles. The van der Waals surface area contributed by atoms with Crippen LogP contribution in [0.2, 0.25) is 0 Å². The first-order valence-electron chi connectivity index (χ1n) is 9.07. The Morgan fingerprint density at radius 3 is 1.18 bits per heavy atom. The van der Waals surface area contributed by atoms with Crippen molar-refractivity contribution in [3.8, 4) is 0 Å². The smallest absolute Gasteiger partial charge is 0.194 e. The molecule has 0 amide bonds. The highest BCUT2D eigenvalue weighted by Crippen LogP contribution is 2.53. The quantitative estimate of drug-likeness (QED) is 0.608. The predicted octanol–water partition coefficient (Wildman–Crippen LogP) is 4.69. The monoisotopic (exact) mass is 312 g/mol. The van der Waals surface area contributed by atoms with E-state index in [0.29, 0.717) is 11.8 Å². The molecule has 0 aromatic carbocycles. The maximum atomic E-state index is 6.04. The maximum absolute atomic E-state index is 6.04. The Morgan fingerprint density at radius 2 is 0.864 bits per heavy atom. The molecule has 2 spiro atoms. The van der Waals surface area contributed by atoms with Gasteiger partial charge in [-0.1, -0.05) is 41.5 Å². The van der Waals surface area contributed by atoms with Crippen LogP contribution >= 0.6 is 0 Å². The third-order valence-corrected chi connectivity index (χ3v) is 7.06. The lowest BCUT2D eigenvalue weighted by molar-refractivity contribution is -0.688. The number of hydrogen-bond donors (Lipinski definition) is 0. The van der Waals surface area contributed by atoms with E-state index in [-0.39, 0.29) is 23.7 Å². The van der Waals surface area contributed by atoms with Crippen molar-refractivity contribution in [2.45, 2.75) is 78.8 Å². The Labute approximate surface area is 134 Å². The van der Waals surface area contributed by atoms with Gasteiger partial charge in [0, 0.05) is 23.7 Å².